The maximum Gasteiger partial charge on any atom is 1.00 e. The molecule has 0 unspecified atom stereocenters. The van der Waals surface area contributed by atoms with Crippen LogP contribution in [0.4, 0.5) is 0 Å². The van der Waals surface area contributed by atoms with Crippen molar-refractivity contribution in [3.05, 3.63) is 0 Å². The van der Waals surface area contributed by atoms with Crippen molar-refractivity contribution in [3.63, 3.8) is 0 Å². The summed E-state index contributed by atoms with van der Waals surface area (Å²) >= 11 is 0. The van der Waals surface area contributed by atoms with E-state index in [-0.39, 0.29) is 28.5 Å². The van der Waals surface area contributed by atoms with E-state index in [1.165, 1.54) is 0 Å². The Balaban J connectivity index is -0.0000000450. The van der Waals surface area contributed by atoms with Crippen LogP contribution in [-0.4, -0.2) is 4.55 Å². The molecule has 0 bridgehead atoms. The van der Waals surface area contributed by atoms with Gasteiger partial charge in [0, 0.05) is 11.0 Å². The first-order chi connectivity index (χ1) is 1.73. The normalized spacial score (nSPS) is 5.67. The van der Waals surface area contributed by atoms with E-state index in [1.54, 1.807) is 0 Å². The minimum Gasteiger partial charge on any atom is -0.439 e. The molecule has 0 aliphatic carbocycles. The van der Waals surface area contributed by atoms with Crippen LogP contribution in [0.3, 0.4) is 0 Å². The predicted molar refractivity (Wildman–Crippen MR) is 16.4 cm³/mol. The van der Waals surface area contributed by atoms with Gasteiger partial charge in [-0.1, -0.05) is 0 Å². The summed E-state index contributed by atoms with van der Waals surface area (Å²) in [5, 5.41) is 0. The van der Waals surface area contributed by atoms with E-state index in [4.69, 9.17) is 13.0 Å². The van der Waals surface area contributed by atoms with Crippen molar-refractivity contribution in [1.82, 2.24) is 6.15 Å². The molecule has 0 aromatic heterocycles. The van der Waals surface area contributed by atoms with Gasteiger partial charge in [-0.2, -0.15) is 0 Å². The Bertz CT molecular complexity index is 59.2. The largest absolute Gasteiger partial charge is 1.00 e. The smallest absolute Gasteiger partial charge is 0.439 e. The number of hydrogen-bond donors (Lipinski definition) is 2. The van der Waals surface area contributed by atoms with Crippen LogP contribution in [0.15, 0.2) is 0 Å². The third-order valence-electron chi connectivity index (χ3n) is 0. The van der Waals surface area contributed by atoms with Crippen LogP contribution in [0.25, 0.3) is 0 Å². The van der Waals surface area contributed by atoms with Gasteiger partial charge in [-0.3, -0.25) is 0 Å². The standard InChI is InChI=1S/Ag.H3N.HO3S/c;;1-4(2)3/h;1H3;(H,1,2,3)/q+1;;-1. The molecule has 0 rings (SSSR count). The van der Waals surface area contributed by atoms with Crippen molar-refractivity contribution in [2.75, 3.05) is 0 Å². The monoisotopic (exact) mass is 205 g/mol. The molecule has 0 aromatic carbocycles. The van der Waals surface area contributed by atoms with Crippen LogP contribution in [0, 0.1) is 0 Å². The van der Waals surface area contributed by atoms with Gasteiger partial charge >= 0.3 is 22.4 Å². The first kappa shape index (κ1) is 16.0. The number of hydrogen-bond acceptors (Lipinski definition) is 4. The molecule has 0 saturated heterocycles. The molecule has 6 heavy (non-hydrogen) atoms. The van der Waals surface area contributed by atoms with Crippen molar-refractivity contribution in [2.24, 2.45) is 0 Å². The minimum absolute atomic E-state index is 0. The average Bonchev–Trinajstić information content (AvgIpc) is 0.811. The van der Waals surface area contributed by atoms with Crippen molar-refractivity contribution < 1.29 is 35.4 Å². The first-order valence-corrected chi connectivity index (χ1v) is 1.55. The second-order valence-corrected chi connectivity index (χ2v) is 0.651. The van der Waals surface area contributed by atoms with Crippen LogP contribution in [0.2, 0.25) is 0 Å². The molecule has 44 valence electrons. The maximum absolute atomic E-state index is 8.56. The van der Waals surface area contributed by atoms with Gasteiger partial charge in [-0.05, 0) is 0 Å². The van der Waals surface area contributed by atoms with Gasteiger partial charge in [0.15, 0.2) is 0 Å². The Kier molecular flexibility index (Phi) is 24.3. The quantitative estimate of drug-likeness (QED) is 0.251. The summed E-state index contributed by atoms with van der Waals surface area (Å²) in [7, 11) is -2.86. The Morgan fingerprint density at radius 2 is 1.33 bits per heavy atom. The van der Waals surface area contributed by atoms with Crippen LogP contribution in [0.1, 0.15) is 0 Å². The zero-order valence-electron chi connectivity index (χ0n) is 2.68. The van der Waals surface area contributed by atoms with E-state index < -0.39 is 11.0 Å². The molecule has 0 radical (unpaired) electrons. The second kappa shape index (κ2) is 9.15. The molecule has 0 amide bonds. The van der Waals surface area contributed by atoms with Crippen LogP contribution < -0.4 is 6.15 Å². The van der Waals surface area contributed by atoms with Gasteiger partial charge in [0.1, 0.15) is 0 Å². The molecule has 0 aliphatic heterocycles. The molecule has 0 saturated carbocycles. The predicted octanol–water partition coefficient (Wildman–Crippen LogP) is -0.0718. The van der Waals surface area contributed by atoms with Crippen molar-refractivity contribution in [1.29, 1.82) is 0 Å². The Labute approximate surface area is 52.8 Å². The molecular weight excluding hydrogens is 202 g/mol. The van der Waals surface area contributed by atoms with Gasteiger partial charge in [0.05, 0.1) is 0 Å². The van der Waals surface area contributed by atoms with Crippen LogP contribution in [-0.2, 0) is 41.8 Å². The van der Waals surface area contributed by atoms with Crippen molar-refractivity contribution >= 4 is 11.0 Å². The fourth-order valence-corrected chi connectivity index (χ4v) is 0. The first-order valence-electron chi connectivity index (χ1n) is 0.516. The zero-order chi connectivity index (χ0) is 3.58. The molecule has 4 nitrogen and oxygen atoms in total. The Morgan fingerprint density at radius 1 is 1.33 bits per heavy atom. The summed E-state index contributed by atoms with van der Waals surface area (Å²) in [6, 6.07) is 0. The summed E-state index contributed by atoms with van der Waals surface area (Å²) in [6.07, 6.45) is 0. The van der Waals surface area contributed by atoms with Crippen molar-refractivity contribution in [2.45, 2.75) is 0 Å². The molecule has 0 atom stereocenters. The molecule has 0 heterocycles. The summed E-state index contributed by atoms with van der Waals surface area (Å²) < 4.78 is 24.1. The zero-order valence-corrected chi connectivity index (χ0v) is 4.98. The summed E-state index contributed by atoms with van der Waals surface area (Å²) in [5.74, 6) is 0. The van der Waals surface area contributed by atoms with Crippen LogP contribution >= 0.6 is 0 Å². The van der Waals surface area contributed by atoms with E-state index in [0.29, 0.717) is 0 Å². The Hall–Kier alpha value is 0.610. The molecular formula is H4AgNO3S. The average molecular weight is 206 g/mol. The molecule has 4 N–H and O–H groups in total. The summed E-state index contributed by atoms with van der Waals surface area (Å²) in [5.41, 5.74) is 0. The molecule has 0 fully saturated rings. The number of rotatable bonds is 0. The van der Waals surface area contributed by atoms with Gasteiger partial charge < -0.3 is 19.1 Å². The third kappa shape index (κ3) is 161. The molecule has 0 aromatic rings. The van der Waals surface area contributed by atoms with Gasteiger partial charge in [0.2, 0.25) is 0 Å². The van der Waals surface area contributed by atoms with E-state index in [1.807, 2.05) is 0 Å². The van der Waals surface area contributed by atoms with Gasteiger partial charge in [-0.25, -0.2) is 0 Å². The van der Waals surface area contributed by atoms with E-state index in [0.717, 1.165) is 0 Å². The van der Waals surface area contributed by atoms with Crippen molar-refractivity contribution in [3.8, 4) is 0 Å². The molecule has 6 heteroatoms. The SMILES string of the molecule is N.O=[S-](=O)O.[Ag+]. The van der Waals surface area contributed by atoms with E-state index in [9.17, 15) is 0 Å². The topological polar surface area (TPSA) is 89.4 Å². The summed E-state index contributed by atoms with van der Waals surface area (Å²) in [4.78, 5) is 0. The maximum atomic E-state index is 8.56. The van der Waals surface area contributed by atoms with E-state index in [2.05, 4.69) is 0 Å². The second-order valence-electron chi connectivity index (χ2n) is 0.217. The summed E-state index contributed by atoms with van der Waals surface area (Å²) in [6.45, 7) is 0. The minimum atomic E-state index is -2.86. The van der Waals surface area contributed by atoms with Crippen LogP contribution in [0.5, 0.6) is 0 Å². The van der Waals surface area contributed by atoms with Gasteiger partial charge in [0.25, 0.3) is 0 Å². The fraction of sp³-hybridized carbons (Fsp3) is 0. The molecule has 0 spiro atoms. The Morgan fingerprint density at radius 3 is 1.33 bits per heavy atom. The van der Waals surface area contributed by atoms with E-state index >= 15 is 0 Å². The van der Waals surface area contributed by atoms with Gasteiger partial charge in [-0.15, -0.1) is 0 Å². The molecule has 0 aliphatic rings. The third-order valence-corrected chi connectivity index (χ3v) is 0. The fourth-order valence-electron chi connectivity index (χ4n) is 0.